The highest BCUT2D eigenvalue weighted by molar-refractivity contribution is 5.92. The van der Waals surface area contributed by atoms with Gasteiger partial charge in [0.15, 0.2) is 5.69 Å². The van der Waals surface area contributed by atoms with Crippen molar-refractivity contribution in [3.63, 3.8) is 0 Å². The quantitative estimate of drug-likeness (QED) is 0.924. The van der Waals surface area contributed by atoms with Crippen molar-refractivity contribution in [2.24, 2.45) is 0 Å². The van der Waals surface area contributed by atoms with Gasteiger partial charge in [-0.2, -0.15) is 13.2 Å². The van der Waals surface area contributed by atoms with Crippen molar-refractivity contribution in [3.05, 3.63) is 35.7 Å². The second-order valence-corrected chi connectivity index (χ2v) is 5.15. The number of hydrogen-bond acceptors (Lipinski definition) is 4. The number of alkyl halides is 3. The average molecular weight is 314 g/mol. The van der Waals surface area contributed by atoms with Crippen LogP contribution in [-0.4, -0.2) is 39.0 Å². The van der Waals surface area contributed by atoms with Gasteiger partial charge in [-0.15, -0.1) is 0 Å². The Morgan fingerprint density at radius 2 is 2.27 bits per heavy atom. The monoisotopic (exact) mass is 314 g/mol. The molecule has 9 heteroatoms. The Morgan fingerprint density at radius 1 is 1.45 bits per heavy atom. The maximum absolute atomic E-state index is 12.6. The van der Waals surface area contributed by atoms with Gasteiger partial charge in [0.1, 0.15) is 17.8 Å². The number of nitrogens with one attached hydrogen (secondary N) is 1. The summed E-state index contributed by atoms with van der Waals surface area (Å²) < 4.78 is 42.5. The van der Waals surface area contributed by atoms with Crippen LogP contribution in [0.25, 0.3) is 0 Å². The fourth-order valence-electron chi connectivity index (χ4n) is 2.56. The van der Waals surface area contributed by atoms with Gasteiger partial charge in [-0.05, 0) is 12.8 Å². The van der Waals surface area contributed by atoms with E-state index in [1.54, 1.807) is 4.90 Å². The third kappa shape index (κ3) is 2.83. The van der Waals surface area contributed by atoms with Crippen LogP contribution in [0.3, 0.4) is 0 Å². The van der Waals surface area contributed by atoms with Crippen LogP contribution in [0.5, 0.6) is 0 Å². The minimum absolute atomic E-state index is 0.191. The number of H-pyrrole nitrogens is 1. The second-order valence-electron chi connectivity index (χ2n) is 5.15. The largest absolute Gasteiger partial charge is 0.432 e. The maximum atomic E-state index is 12.6. The Kier molecular flexibility index (Phi) is 3.63. The zero-order valence-electron chi connectivity index (χ0n) is 11.4. The van der Waals surface area contributed by atoms with Crippen LogP contribution in [0.4, 0.5) is 13.2 Å². The minimum Gasteiger partial charge on any atom is -0.364 e. The summed E-state index contributed by atoms with van der Waals surface area (Å²) in [6.07, 6.45) is -0.996. The highest BCUT2D eigenvalue weighted by atomic mass is 19.4. The smallest absolute Gasteiger partial charge is 0.364 e. The third-order valence-electron chi connectivity index (χ3n) is 3.65. The summed E-state index contributed by atoms with van der Waals surface area (Å²) in [6.45, 7) is 0.839. The van der Waals surface area contributed by atoms with E-state index in [0.29, 0.717) is 25.9 Å². The molecule has 0 saturated carbocycles. The lowest BCUT2D eigenvalue weighted by atomic mass is 9.97. The number of imidazole rings is 1. The van der Waals surface area contributed by atoms with Crippen molar-refractivity contribution in [1.29, 1.82) is 0 Å². The molecule has 0 bridgehead atoms. The molecule has 0 radical (unpaired) electrons. The molecule has 1 amide bonds. The molecule has 2 aromatic heterocycles. The number of halogens is 3. The number of aromatic nitrogens is 3. The number of rotatable bonds is 2. The number of aromatic amines is 1. The first-order valence-corrected chi connectivity index (χ1v) is 6.77. The molecule has 0 spiro atoms. The maximum Gasteiger partial charge on any atom is 0.432 e. The first-order chi connectivity index (χ1) is 10.4. The van der Waals surface area contributed by atoms with E-state index < -0.39 is 11.9 Å². The van der Waals surface area contributed by atoms with E-state index in [9.17, 15) is 18.0 Å². The van der Waals surface area contributed by atoms with Gasteiger partial charge in [0.2, 0.25) is 0 Å². The molecule has 1 saturated heterocycles. The zero-order valence-corrected chi connectivity index (χ0v) is 11.4. The Morgan fingerprint density at radius 3 is 2.91 bits per heavy atom. The summed E-state index contributed by atoms with van der Waals surface area (Å²) in [5.74, 6) is -0.285. The first-order valence-electron chi connectivity index (χ1n) is 6.77. The molecule has 1 atom stereocenters. The van der Waals surface area contributed by atoms with Crippen LogP contribution in [0, 0.1) is 0 Å². The van der Waals surface area contributed by atoms with E-state index in [0.717, 1.165) is 6.20 Å². The van der Waals surface area contributed by atoms with Gasteiger partial charge in [-0.1, -0.05) is 5.16 Å². The molecule has 3 heterocycles. The number of hydrogen-bond donors (Lipinski definition) is 1. The summed E-state index contributed by atoms with van der Waals surface area (Å²) in [5, 5.41) is 3.59. The molecule has 118 valence electrons. The predicted molar refractivity (Wildman–Crippen MR) is 68.0 cm³/mol. The van der Waals surface area contributed by atoms with Crippen LogP contribution in [0.2, 0.25) is 0 Å². The number of carbonyl (C=O) groups is 1. The lowest BCUT2D eigenvalue weighted by molar-refractivity contribution is -0.141. The lowest BCUT2D eigenvalue weighted by Crippen LogP contribution is -2.39. The zero-order chi connectivity index (χ0) is 15.7. The number of nitrogens with zero attached hydrogens (tertiary/aromatic N) is 3. The molecule has 6 nitrogen and oxygen atoms in total. The number of likely N-dealkylation sites (tertiary alicyclic amines) is 1. The van der Waals surface area contributed by atoms with Crippen molar-refractivity contribution in [2.75, 3.05) is 13.1 Å². The molecular weight excluding hydrogens is 301 g/mol. The van der Waals surface area contributed by atoms with E-state index in [1.165, 1.54) is 12.3 Å². The summed E-state index contributed by atoms with van der Waals surface area (Å²) in [4.78, 5) is 19.9. The second kappa shape index (κ2) is 5.47. The van der Waals surface area contributed by atoms with Gasteiger partial charge in [0.05, 0.1) is 6.20 Å². The van der Waals surface area contributed by atoms with Crippen molar-refractivity contribution >= 4 is 5.91 Å². The molecule has 22 heavy (non-hydrogen) atoms. The summed E-state index contributed by atoms with van der Waals surface area (Å²) in [5.41, 5.74) is -0.682. The standard InChI is InChI=1S/C13H13F3N4O2/c14-13(15,16)10-6-17-11(18-10)8-2-1-4-20(7-8)12(21)9-3-5-22-19-9/h3,5-6,8H,1-2,4,7H2,(H,17,18)/t8-/m0/s1. The molecule has 0 aliphatic carbocycles. The van der Waals surface area contributed by atoms with Crippen LogP contribution in [0.1, 0.15) is 40.8 Å². The van der Waals surface area contributed by atoms with Crippen LogP contribution < -0.4 is 0 Å². The molecule has 0 unspecified atom stereocenters. The molecule has 1 aliphatic rings. The molecule has 1 fully saturated rings. The predicted octanol–water partition coefficient (Wildman–Crippen LogP) is 2.44. The van der Waals surface area contributed by atoms with E-state index >= 15 is 0 Å². The number of amides is 1. The molecule has 1 N–H and O–H groups in total. The number of carbonyl (C=O) groups excluding carboxylic acids is 1. The molecule has 0 aromatic carbocycles. The van der Waals surface area contributed by atoms with Gasteiger partial charge < -0.3 is 14.4 Å². The van der Waals surface area contributed by atoms with Crippen molar-refractivity contribution in [3.8, 4) is 0 Å². The van der Waals surface area contributed by atoms with E-state index in [2.05, 4.69) is 19.6 Å². The van der Waals surface area contributed by atoms with Gasteiger partial charge >= 0.3 is 6.18 Å². The van der Waals surface area contributed by atoms with Gasteiger partial charge in [-0.3, -0.25) is 4.79 Å². The van der Waals surface area contributed by atoms with Crippen molar-refractivity contribution in [1.82, 2.24) is 20.0 Å². The Bertz CT molecular complexity index is 651. The topological polar surface area (TPSA) is 75.0 Å². The average Bonchev–Trinajstić information content (AvgIpc) is 3.17. The Hall–Kier alpha value is -2.32. The summed E-state index contributed by atoms with van der Waals surface area (Å²) >= 11 is 0. The fraction of sp³-hybridized carbons (Fsp3) is 0.462. The lowest BCUT2D eigenvalue weighted by Gasteiger charge is -2.31. The van der Waals surface area contributed by atoms with Crippen molar-refractivity contribution in [2.45, 2.75) is 24.9 Å². The van der Waals surface area contributed by atoms with Crippen molar-refractivity contribution < 1.29 is 22.5 Å². The molecule has 1 aliphatic heterocycles. The minimum atomic E-state index is -4.45. The van der Waals surface area contributed by atoms with E-state index in [1.807, 2.05) is 0 Å². The van der Waals surface area contributed by atoms with Gasteiger partial charge in [0, 0.05) is 25.1 Å². The van der Waals surface area contributed by atoms with E-state index in [-0.39, 0.29) is 23.3 Å². The summed E-state index contributed by atoms with van der Waals surface area (Å²) in [6, 6.07) is 1.46. The Labute approximate surface area is 123 Å². The van der Waals surface area contributed by atoms with Crippen LogP contribution >= 0.6 is 0 Å². The fourth-order valence-corrected chi connectivity index (χ4v) is 2.56. The highest BCUT2D eigenvalue weighted by Gasteiger charge is 2.35. The first kappa shape index (κ1) is 14.6. The molecular formula is C13H13F3N4O2. The summed E-state index contributed by atoms with van der Waals surface area (Å²) in [7, 11) is 0. The van der Waals surface area contributed by atoms with Crippen LogP contribution in [-0.2, 0) is 6.18 Å². The SMILES string of the molecule is O=C(c1ccon1)N1CCC[C@H](c2ncc(C(F)(F)F)[nH]2)C1. The van der Waals surface area contributed by atoms with E-state index in [4.69, 9.17) is 0 Å². The third-order valence-corrected chi connectivity index (χ3v) is 3.65. The van der Waals surface area contributed by atoms with Crippen LogP contribution in [0.15, 0.2) is 23.0 Å². The molecule has 3 rings (SSSR count). The number of piperidine rings is 1. The normalized spacial score (nSPS) is 19.4. The Balaban J connectivity index is 1.73. The van der Waals surface area contributed by atoms with Gasteiger partial charge in [0.25, 0.3) is 5.91 Å². The molecule has 2 aromatic rings. The van der Waals surface area contributed by atoms with Gasteiger partial charge in [-0.25, -0.2) is 4.98 Å². The highest BCUT2D eigenvalue weighted by Crippen LogP contribution is 2.31.